The van der Waals surface area contributed by atoms with Gasteiger partial charge in [-0.1, -0.05) is 30.3 Å². The molecule has 2 rings (SSSR count). The van der Waals surface area contributed by atoms with Crippen LogP contribution in [-0.4, -0.2) is 37.2 Å². The van der Waals surface area contributed by atoms with E-state index in [2.05, 4.69) is 24.0 Å². The maximum Gasteiger partial charge on any atom is 0.0674 e. The van der Waals surface area contributed by atoms with Crippen LogP contribution < -0.4 is 5.73 Å². The minimum absolute atomic E-state index is 0.103. The highest BCUT2D eigenvalue weighted by atomic mass is 16.5. The molecule has 2 N–H and O–H groups in total. The number of ether oxygens (including phenoxy) is 1. The Balaban J connectivity index is 1.89. The van der Waals surface area contributed by atoms with Gasteiger partial charge in [0, 0.05) is 25.7 Å². The quantitative estimate of drug-likeness (QED) is 0.837. The van der Waals surface area contributed by atoms with Crippen molar-refractivity contribution in [1.82, 2.24) is 4.90 Å². The zero-order chi connectivity index (χ0) is 11.4. The molecular weight excluding hydrogens is 200 g/mol. The Morgan fingerprint density at radius 2 is 2.19 bits per heavy atom. The minimum Gasteiger partial charge on any atom is -0.376 e. The molecular formula is C13H20N2O. The predicted octanol–water partition coefficient (Wildman–Crippen LogP) is 1.41. The van der Waals surface area contributed by atoms with Gasteiger partial charge < -0.3 is 10.5 Å². The lowest BCUT2D eigenvalue weighted by atomic mass is 10.1. The first-order valence-electron chi connectivity index (χ1n) is 5.90. The van der Waals surface area contributed by atoms with Gasteiger partial charge in [-0.3, -0.25) is 4.90 Å². The van der Waals surface area contributed by atoms with Crippen molar-refractivity contribution in [3.05, 3.63) is 35.9 Å². The lowest BCUT2D eigenvalue weighted by Crippen LogP contribution is -2.44. The standard InChI is InChI=1S/C13H20N2O/c1-11-9-15(7-8-16-11)10-13(14)12-5-3-2-4-6-12/h2-6,11,13H,7-10,14H2,1H3. The van der Waals surface area contributed by atoms with E-state index in [1.165, 1.54) is 5.56 Å². The summed E-state index contributed by atoms with van der Waals surface area (Å²) in [6, 6.07) is 10.4. The lowest BCUT2D eigenvalue weighted by Gasteiger charge is -2.32. The Labute approximate surface area is 97.2 Å². The van der Waals surface area contributed by atoms with Gasteiger partial charge in [-0.15, -0.1) is 0 Å². The first-order valence-corrected chi connectivity index (χ1v) is 5.90. The van der Waals surface area contributed by atoms with E-state index in [9.17, 15) is 0 Å². The van der Waals surface area contributed by atoms with Gasteiger partial charge in [0.05, 0.1) is 12.7 Å². The summed E-state index contributed by atoms with van der Waals surface area (Å²) in [6.45, 7) is 5.83. The molecule has 1 aliphatic rings. The summed E-state index contributed by atoms with van der Waals surface area (Å²) in [6.07, 6.45) is 0.330. The highest BCUT2D eigenvalue weighted by Gasteiger charge is 2.18. The molecule has 0 saturated carbocycles. The van der Waals surface area contributed by atoms with Crippen molar-refractivity contribution in [3.8, 4) is 0 Å². The smallest absolute Gasteiger partial charge is 0.0674 e. The molecule has 1 aromatic rings. The SMILES string of the molecule is CC1CN(CC(N)c2ccccc2)CCO1. The summed E-state index contributed by atoms with van der Waals surface area (Å²) in [4.78, 5) is 2.38. The highest BCUT2D eigenvalue weighted by molar-refractivity contribution is 5.18. The van der Waals surface area contributed by atoms with Crippen molar-refractivity contribution in [1.29, 1.82) is 0 Å². The van der Waals surface area contributed by atoms with Crippen molar-refractivity contribution in [2.24, 2.45) is 5.73 Å². The van der Waals surface area contributed by atoms with E-state index in [-0.39, 0.29) is 6.04 Å². The first-order chi connectivity index (χ1) is 7.75. The summed E-state index contributed by atoms with van der Waals surface area (Å²) in [5.74, 6) is 0. The van der Waals surface area contributed by atoms with Crippen LogP contribution >= 0.6 is 0 Å². The number of rotatable bonds is 3. The van der Waals surface area contributed by atoms with Gasteiger partial charge in [-0.2, -0.15) is 0 Å². The van der Waals surface area contributed by atoms with Crippen LogP contribution in [0.5, 0.6) is 0 Å². The molecule has 0 radical (unpaired) electrons. The average Bonchev–Trinajstić information content (AvgIpc) is 2.30. The predicted molar refractivity (Wildman–Crippen MR) is 65.2 cm³/mol. The van der Waals surface area contributed by atoms with E-state index in [1.807, 2.05) is 18.2 Å². The molecule has 1 aliphatic heterocycles. The molecule has 3 heteroatoms. The van der Waals surface area contributed by atoms with Gasteiger partial charge in [-0.05, 0) is 12.5 Å². The summed E-state index contributed by atoms with van der Waals surface area (Å²) in [5.41, 5.74) is 7.40. The van der Waals surface area contributed by atoms with E-state index in [0.29, 0.717) is 6.10 Å². The average molecular weight is 220 g/mol. The number of hydrogen-bond acceptors (Lipinski definition) is 3. The largest absolute Gasteiger partial charge is 0.376 e. The van der Waals surface area contributed by atoms with Crippen LogP contribution in [0.2, 0.25) is 0 Å². The van der Waals surface area contributed by atoms with Crippen LogP contribution in [0, 0.1) is 0 Å². The molecule has 1 heterocycles. The van der Waals surface area contributed by atoms with Crippen LogP contribution in [0.1, 0.15) is 18.5 Å². The third-order valence-corrected chi connectivity index (χ3v) is 3.01. The zero-order valence-electron chi connectivity index (χ0n) is 9.80. The number of hydrogen-bond donors (Lipinski definition) is 1. The van der Waals surface area contributed by atoms with Gasteiger partial charge in [0.15, 0.2) is 0 Å². The van der Waals surface area contributed by atoms with Gasteiger partial charge >= 0.3 is 0 Å². The van der Waals surface area contributed by atoms with Crippen LogP contribution in [0.4, 0.5) is 0 Å². The number of benzene rings is 1. The van der Waals surface area contributed by atoms with Gasteiger partial charge in [0.1, 0.15) is 0 Å². The van der Waals surface area contributed by atoms with Crippen LogP contribution in [0.15, 0.2) is 30.3 Å². The second kappa shape index (κ2) is 5.43. The maximum atomic E-state index is 6.19. The molecule has 0 bridgehead atoms. The molecule has 1 saturated heterocycles. The van der Waals surface area contributed by atoms with E-state index in [0.717, 1.165) is 26.2 Å². The summed E-state index contributed by atoms with van der Waals surface area (Å²) >= 11 is 0. The molecule has 88 valence electrons. The fourth-order valence-electron chi connectivity index (χ4n) is 2.14. The second-order valence-corrected chi connectivity index (χ2v) is 4.46. The monoisotopic (exact) mass is 220 g/mol. The van der Waals surface area contributed by atoms with Gasteiger partial charge in [0.2, 0.25) is 0 Å². The topological polar surface area (TPSA) is 38.5 Å². The van der Waals surface area contributed by atoms with Crippen molar-refractivity contribution in [3.63, 3.8) is 0 Å². The molecule has 3 nitrogen and oxygen atoms in total. The molecule has 0 spiro atoms. The van der Waals surface area contributed by atoms with Crippen LogP contribution in [0.3, 0.4) is 0 Å². The Bertz CT molecular complexity index is 315. The number of morpholine rings is 1. The lowest BCUT2D eigenvalue weighted by molar-refractivity contribution is -0.0199. The van der Waals surface area contributed by atoms with E-state index < -0.39 is 0 Å². The van der Waals surface area contributed by atoms with E-state index >= 15 is 0 Å². The van der Waals surface area contributed by atoms with Gasteiger partial charge in [0.25, 0.3) is 0 Å². The Hall–Kier alpha value is -0.900. The van der Waals surface area contributed by atoms with Crippen molar-refractivity contribution in [2.75, 3.05) is 26.2 Å². The molecule has 2 unspecified atom stereocenters. The Kier molecular flexibility index (Phi) is 3.93. The van der Waals surface area contributed by atoms with E-state index in [4.69, 9.17) is 10.5 Å². The molecule has 0 aliphatic carbocycles. The molecule has 16 heavy (non-hydrogen) atoms. The first kappa shape index (κ1) is 11.6. The highest BCUT2D eigenvalue weighted by Crippen LogP contribution is 2.13. The summed E-state index contributed by atoms with van der Waals surface area (Å²) in [5, 5.41) is 0. The third-order valence-electron chi connectivity index (χ3n) is 3.01. The fourth-order valence-corrected chi connectivity index (χ4v) is 2.14. The normalized spacial score (nSPS) is 24.2. The molecule has 1 aromatic carbocycles. The molecule has 0 amide bonds. The second-order valence-electron chi connectivity index (χ2n) is 4.46. The fraction of sp³-hybridized carbons (Fsp3) is 0.538. The maximum absolute atomic E-state index is 6.19. The molecule has 2 atom stereocenters. The van der Waals surface area contributed by atoms with Crippen LogP contribution in [0.25, 0.3) is 0 Å². The van der Waals surface area contributed by atoms with Crippen molar-refractivity contribution in [2.45, 2.75) is 19.1 Å². The van der Waals surface area contributed by atoms with Gasteiger partial charge in [-0.25, -0.2) is 0 Å². The Morgan fingerprint density at radius 1 is 1.44 bits per heavy atom. The number of nitrogens with zero attached hydrogens (tertiary/aromatic N) is 1. The van der Waals surface area contributed by atoms with Crippen molar-refractivity contribution >= 4 is 0 Å². The Morgan fingerprint density at radius 3 is 2.88 bits per heavy atom. The van der Waals surface area contributed by atoms with Crippen LogP contribution in [-0.2, 0) is 4.74 Å². The number of nitrogens with two attached hydrogens (primary N) is 1. The minimum atomic E-state index is 0.103. The summed E-state index contributed by atoms with van der Waals surface area (Å²) in [7, 11) is 0. The third kappa shape index (κ3) is 3.04. The molecule has 1 fully saturated rings. The van der Waals surface area contributed by atoms with Crippen molar-refractivity contribution < 1.29 is 4.74 Å². The summed E-state index contributed by atoms with van der Waals surface area (Å²) < 4.78 is 5.51. The zero-order valence-corrected chi connectivity index (χ0v) is 9.80. The molecule has 0 aromatic heterocycles. The van der Waals surface area contributed by atoms with E-state index in [1.54, 1.807) is 0 Å².